The van der Waals surface area contributed by atoms with Crippen molar-refractivity contribution in [1.82, 2.24) is 0 Å². The van der Waals surface area contributed by atoms with Gasteiger partial charge in [0.15, 0.2) is 0 Å². The summed E-state index contributed by atoms with van der Waals surface area (Å²) < 4.78 is 76.3. The van der Waals surface area contributed by atoms with Crippen LogP contribution >= 0.6 is 11.6 Å². The van der Waals surface area contributed by atoms with Crippen molar-refractivity contribution in [1.29, 1.82) is 0 Å². The van der Waals surface area contributed by atoms with E-state index in [-0.39, 0.29) is 11.8 Å². The fourth-order valence-electron chi connectivity index (χ4n) is 1.73. The number of alkyl halides is 6. The van der Waals surface area contributed by atoms with E-state index >= 15 is 0 Å². The summed E-state index contributed by atoms with van der Waals surface area (Å²) in [6.07, 6.45) is -9.75. The van der Waals surface area contributed by atoms with Gasteiger partial charge in [-0.2, -0.15) is 26.3 Å². The Morgan fingerprint density at radius 3 is 1.55 bits per heavy atom. The van der Waals surface area contributed by atoms with Gasteiger partial charge >= 0.3 is 12.4 Å². The SMILES string of the molecule is FC(F)(F)c1cc(Nc2ccc(Cl)cc2)cc(C(F)(F)F)c1. The highest BCUT2D eigenvalue weighted by atomic mass is 35.5. The molecule has 0 radical (unpaired) electrons. The summed E-state index contributed by atoms with van der Waals surface area (Å²) in [7, 11) is 0. The molecule has 0 unspecified atom stereocenters. The lowest BCUT2D eigenvalue weighted by Gasteiger charge is -2.15. The molecule has 2 aromatic carbocycles. The Hall–Kier alpha value is -1.89. The maximum Gasteiger partial charge on any atom is 0.416 e. The molecular weight excluding hydrogens is 332 g/mol. The van der Waals surface area contributed by atoms with Crippen LogP contribution in [0.2, 0.25) is 5.02 Å². The van der Waals surface area contributed by atoms with Gasteiger partial charge in [-0.05, 0) is 42.5 Å². The molecule has 118 valence electrons. The molecule has 0 spiro atoms. The highest BCUT2D eigenvalue weighted by molar-refractivity contribution is 6.30. The van der Waals surface area contributed by atoms with Gasteiger partial charge in [-0.25, -0.2) is 0 Å². The molecule has 0 aliphatic rings. The van der Waals surface area contributed by atoms with E-state index in [0.717, 1.165) is 0 Å². The fourth-order valence-corrected chi connectivity index (χ4v) is 1.85. The first kappa shape index (κ1) is 16.5. The average molecular weight is 340 g/mol. The van der Waals surface area contributed by atoms with E-state index in [9.17, 15) is 26.3 Å². The van der Waals surface area contributed by atoms with Gasteiger partial charge in [-0.3, -0.25) is 0 Å². The van der Waals surface area contributed by atoms with Gasteiger partial charge in [0.05, 0.1) is 11.1 Å². The van der Waals surface area contributed by atoms with Crippen molar-refractivity contribution in [2.45, 2.75) is 12.4 Å². The second kappa shape index (κ2) is 5.72. The van der Waals surface area contributed by atoms with E-state index in [4.69, 9.17) is 11.6 Å². The van der Waals surface area contributed by atoms with Crippen molar-refractivity contribution in [3.05, 3.63) is 58.6 Å². The summed E-state index contributed by atoms with van der Waals surface area (Å²) in [4.78, 5) is 0. The summed E-state index contributed by atoms with van der Waals surface area (Å²) in [6.45, 7) is 0. The van der Waals surface area contributed by atoms with Crippen molar-refractivity contribution in [2.75, 3.05) is 5.32 Å². The normalized spacial score (nSPS) is 12.3. The molecule has 0 saturated carbocycles. The van der Waals surface area contributed by atoms with Gasteiger partial charge in [-0.15, -0.1) is 0 Å². The first-order valence-electron chi connectivity index (χ1n) is 5.88. The molecule has 2 aromatic rings. The van der Waals surface area contributed by atoms with Crippen LogP contribution in [0.25, 0.3) is 0 Å². The summed E-state index contributed by atoms with van der Waals surface area (Å²) in [5.41, 5.74) is -2.75. The maximum atomic E-state index is 12.7. The highest BCUT2D eigenvalue weighted by Crippen LogP contribution is 2.38. The van der Waals surface area contributed by atoms with Crippen molar-refractivity contribution in [2.24, 2.45) is 0 Å². The van der Waals surface area contributed by atoms with Gasteiger partial charge in [0.25, 0.3) is 0 Å². The number of hydrogen-bond donors (Lipinski definition) is 1. The highest BCUT2D eigenvalue weighted by Gasteiger charge is 2.36. The van der Waals surface area contributed by atoms with E-state index in [0.29, 0.717) is 22.8 Å². The molecular formula is C14H8ClF6N. The van der Waals surface area contributed by atoms with Gasteiger partial charge in [0, 0.05) is 16.4 Å². The van der Waals surface area contributed by atoms with Crippen LogP contribution in [0.3, 0.4) is 0 Å². The fraction of sp³-hybridized carbons (Fsp3) is 0.143. The molecule has 0 atom stereocenters. The van der Waals surface area contributed by atoms with Crippen molar-refractivity contribution in [3.8, 4) is 0 Å². The Morgan fingerprint density at radius 1 is 0.682 bits per heavy atom. The number of halogens is 7. The van der Waals surface area contributed by atoms with E-state index in [1.54, 1.807) is 0 Å². The third-order valence-corrected chi connectivity index (χ3v) is 2.97. The van der Waals surface area contributed by atoms with Crippen LogP contribution in [0.15, 0.2) is 42.5 Å². The van der Waals surface area contributed by atoms with E-state index in [2.05, 4.69) is 5.32 Å². The third kappa shape index (κ3) is 4.07. The minimum atomic E-state index is -4.88. The van der Waals surface area contributed by atoms with Crippen LogP contribution in [0.1, 0.15) is 11.1 Å². The van der Waals surface area contributed by atoms with Crippen molar-refractivity contribution >= 4 is 23.0 Å². The topological polar surface area (TPSA) is 12.0 Å². The number of benzene rings is 2. The van der Waals surface area contributed by atoms with Crippen LogP contribution in [-0.2, 0) is 12.4 Å². The van der Waals surface area contributed by atoms with Crippen LogP contribution in [-0.4, -0.2) is 0 Å². The lowest BCUT2D eigenvalue weighted by Crippen LogP contribution is -2.11. The van der Waals surface area contributed by atoms with Crippen LogP contribution in [0, 0.1) is 0 Å². The summed E-state index contributed by atoms with van der Waals surface area (Å²) >= 11 is 5.66. The summed E-state index contributed by atoms with van der Waals surface area (Å²) in [5, 5.41) is 2.89. The minimum Gasteiger partial charge on any atom is -0.356 e. The number of rotatable bonds is 2. The molecule has 0 heterocycles. The third-order valence-electron chi connectivity index (χ3n) is 2.72. The van der Waals surface area contributed by atoms with Gasteiger partial charge in [-0.1, -0.05) is 11.6 Å². The van der Waals surface area contributed by atoms with Crippen LogP contribution in [0.5, 0.6) is 0 Å². The predicted octanol–water partition coefficient (Wildman–Crippen LogP) is 6.12. The smallest absolute Gasteiger partial charge is 0.356 e. The molecule has 22 heavy (non-hydrogen) atoms. The summed E-state index contributed by atoms with van der Waals surface area (Å²) in [5.74, 6) is 0. The molecule has 2 rings (SSSR count). The monoisotopic (exact) mass is 339 g/mol. The molecule has 0 fully saturated rings. The molecule has 0 saturated heterocycles. The standard InChI is InChI=1S/C14H8ClF6N/c15-10-1-3-11(4-2-10)22-12-6-8(13(16,17)18)5-9(7-12)14(19,20)21/h1-7,22H. The zero-order valence-corrected chi connectivity index (χ0v) is 11.4. The molecule has 0 aromatic heterocycles. The van der Waals surface area contributed by atoms with E-state index < -0.39 is 23.5 Å². The number of nitrogens with one attached hydrogen (secondary N) is 1. The van der Waals surface area contributed by atoms with Gasteiger partial charge < -0.3 is 5.32 Å². The van der Waals surface area contributed by atoms with E-state index in [1.807, 2.05) is 0 Å². The Bertz CT molecular complexity index is 628. The maximum absolute atomic E-state index is 12.7. The zero-order valence-electron chi connectivity index (χ0n) is 10.7. The second-order valence-electron chi connectivity index (χ2n) is 4.43. The molecule has 1 N–H and O–H groups in total. The van der Waals surface area contributed by atoms with Gasteiger partial charge in [0.2, 0.25) is 0 Å². The zero-order chi connectivity index (χ0) is 16.5. The van der Waals surface area contributed by atoms with Crippen molar-refractivity contribution < 1.29 is 26.3 Å². The predicted molar refractivity (Wildman–Crippen MR) is 71.2 cm³/mol. The number of hydrogen-bond acceptors (Lipinski definition) is 1. The molecule has 0 aliphatic heterocycles. The lowest BCUT2D eigenvalue weighted by atomic mass is 10.1. The largest absolute Gasteiger partial charge is 0.416 e. The lowest BCUT2D eigenvalue weighted by molar-refractivity contribution is -0.143. The first-order chi connectivity index (χ1) is 10.1. The minimum absolute atomic E-state index is 0.0764. The van der Waals surface area contributed by atoms with Crippen LogP contribution in [0.4, 0.5) is 37.7 Å². The summed E-state index contributed by atoms with van der Waals surface area (Å²) in [6, 6.07) is 7.11. The molecule has 0 amide bonds. The molecule has 8 heteroatoms. The molecule has 1 nitrogen and oxygen atoms in total. The Labute approximate surface area is 126 Å². The van der Waals surface area contributed by atoms with Crippen molar-refractivity contribution in [3.63, 3.8) is 0 Å². The van der Waals surface area contributed by atoms with E-state index in [1.165, 1.54) is 24.3 Å². The second-order valence-corrected chi connectivity index (χ2v) is 4.86. The van der Waals surface area contributed by atoms with Crippen LogP contribution < -0.4 is 5.32 Å². The molecule has 0 bridgehead atoms. The quantitative estimate of drug-likeness (QED) is 0.650. The Kier molecular flexibility index (Phi) is 4.28. The first-order valence-corrected chi connectivity index (χ1v) is 6.25. The average Bonchev–Trinajstić information content (AvgIpc) is 2.39. The van der Waals surface area contributed by atoms with Gasteiger partial charge in [0.1, 0.15) is 0 Å². The Morgan fingerprint density at radius 2 is 1.14 bits per heavy atom. The molecule has 0 aliphatic carbocycles. The Balaban J connectivity index is 2.44. The number of anilines is 2.